The van der Waals surface area contributed by atoms with Crippen LogP contribution in [-0.2, 0) is 5.41 Å². The second-order valence-corrected chi connectivity index (χ2v) is 16.9. The van der Waals surface area contributed by atoms with Crippen LogP contribution in [0.15, 0.2) is 107 Å². The van der Waals surface area contributed by atoms with Crippen molar-refractivity contribution in [2.45, 2.75) is 59.5 Å². The minimum Gasteiger partial charge on any atom is -0.249 e. The van der Waals surface area contributed by atoms with Gasteiger partial charge in [-0.05, 0) is 105 Å². The summed E-state index contributed by atoms with van der Waals surface area (Å²) >= 11 is 37.0. The number of halogens is 6. The van der Waals surface area contributed by atoms with E-state index in [0.29, 0.717) is 0 Å². The van der Waals surface area contributed by atoms with Crippen LogP contribution in [0.1, 0.15) is 57.6 Å². The van der Waals surface area contributed by atoms with Gasteiger partial charge in [-0.3, -0.25) is 0 Å². The molecule has 0 N–H and O–H groups in total. The Labute approximate surface area is 285 Å². The second kappa shape index (κ2) is 12.3. The highest BCUT2D eigenvalue weighted by Gasteiger charge is 2.42. The summed E-state index contributed by atoms with van der Waals surface area (Å²) in [7, 11) is 0. The predicted molar refractivity (Wildman–Crippen MR) is 189 cm³/mol. The number of rotatable bonds is 4. The molecular weight excluding hydrogens is 661 g/mol. The highest BCUT2D eigenvalue weighted by molar-refractivity contribution is 6.68. The Bertz CT molecular complexity index is 1370. The van der Waals surface area contributed by atoms with Crippen molar-refractivity contribution < 1.29 is 0 Å². The molecule has 0 amide bonds. The summed E-state index contributed by atoms with van der Waals surface area (Å²) in [5.74, 6) is 0.719. The molecule has 3 aliphatic carbocycles. The smallest absolute Gasteiger partial charge is 0.202 e. The second-order valence-electron chi connectivity index (χ2n) is 12.3. The normalized spacial score (nSPS) is 29.2. The minimum atomic E-state index is -1.43. The highest BCUT2D eigenvalue weighted by atomic mass is 35.6. The summed E-state index contributed by atoms with van der Waals surface area (Å²) in [6.07, 6.45) is 19.7. The molecule has 0 bridgehead atoms. The van der Waals surface area contributed by atoms with E-state index in [1.807, 2.05) is 62.5 Å². The van der Waals surface area contributed by atoms with Crippen molar-refractivity contribution >= 4 is 92.4 Å². The quantitative estimate of drug-likeness (QED) is 0.285. The number of nitrogens with zero attached hydrogens (tertiary/aromatic N) is 2. The number of hydrogen-bond acceptors (Lipinski definition) is 2. The van der Waals surface area contributed by atoms with Crippen molar-refractivity contribution in [3.8, 4) is 0 Å². The van der Waals surface area contributed by atoms with Crippen molar-refractivity contribution in [1.29, 1.82) is 0 Å². The number of alkyl halides is 6. The van der Waals surface area contributed by atoms with Crippen LogP contribution >= 0.6 is 69.6 Å². The molecule has 8 heteroatoms. The predicted octanol–water partition coefficient (Wildman–Crippen LogP) is 12.3. The van der Waals surface area contributed by atoms with Gasteiger partial charge in [-0.1, -0.05) is 125 Å². The minimum absolute atomic E-state index is 0.0580. The molecule has 2 nitrogen and oxygen atoms in total. The van der Waals surface area contributed by atoms with E-state index >= 15 is 0 Å². The summed E-state index contributed by atoms with van der Waals surface area (Å²) in [6, 6.07) is 17.3. The maximum atomic E-state index is 6.17. The Balaban J connectivity index is 1.37. The van der Waals surface area contributed by atoms with Crippen molar-refractivity contribution in [1.82, 2.24) is 0 Å². The SMILES string of the molecule is CC1CCC(c2ccc(N=C3C=CC(C)(C(Cl)(Cl)Cl)C=C3)cc2)(c2ccc(N=C3C=CC(C)(C(Cl)(Cl)Cl)C=C3)cc2)CC1. The van der Waals surface area contributed by atoms with Gasteiger partial charge in [0.05, 0.1) is 33.6 Å². The molecule has 0 heterocycles. The summed E-state index contributed by atoms with van der Waals surface area (Å²) in [6.45, 7) is 6.12. The topological polar surface area (TPSA) is 24.7 Å². The van der Waals surface area contributed by atoms with E-state index in [1.54, 1.807) is 0 Å². The average molecular weight is 695 g/mol. The molecule has 1 saturated carbocycles. The lowest BCUT2D eigenvalue weighted by molar-refractivity contribution is 0.280. The third-order valence-electron chi connectivity index (χ3n) is 9.11. The fraction of sp³-hybridized carbons (Fsp3) is 0.371. The number of hydrogen-bond donors (Lipinski definition) is 0. The maximum absolute atomic E-state index is 6.17. The number of benzene rings is 2. The molecule has 226 valence electrons. The van der Waals surface area contributed by atoms with E-state index in [9.17, 15) is 0 Å². The van der Waals surface area contributed by atoms with Crippen LogP contribution in [0.4, 0.5) is 11.4 Å². The molecule has 0 aliphatic heterocycles. The Morgan fingerprint density at radius 3 is 1.21 bits per heavy atom. The molecule has 1 fully saturated rings. The monoisotopic (exact) mass is 692 g/mol. The molecule has 3 aliphatic rings. The van der Waals surface area contributed by atoms with Crippen molar-refractivity contribution in [2.24, 2.45) is 26.7 Å². The molecule has 2 aromatic rings. The number of aliphatic imine (C=N–C) groups is 2. The molecule has 0 saturated heterocycles. The van der Waals surface area contributed by atoms with Gasteiger partial charge in [-0.2, -0.15) is 0 Å². The van der Waals surface area contributed by atoms with Crippen LogP contribution in [-0.4, -0.2) is 19.0 Å². The summed E-state index contributed by atoms with van der Waals surface area (Å²) in [5, 5.41) is 0. The lowest BCUT2D eigenvalue weighted by Gasteiger charge is -2.41. The molecule has 0 unspecified atom stereocenters. The van der Waals surface area contributed by atoms with Crippen molar-refractivity contribution in [3.05, 3.63) is 108 Å². The average Bonchev–Trinajstić information content (AvgIpc) is 2.96. The molecular formula is C35H34Cl6N2. The van der Waals surface area contributed by atoms with Gasteiger partial charge in [0.2, 0.25) is 7.59 Å². The molecule has 5 rings (SSSR count). The van der Waals surface area contributed by atoms with Crippen LogP contribution in [0, 0.1) is 16.7 Å². The summed E-state index contributed by atoms with van der Waals surface area (Å²) in [4.78, 5) is 9.63. The van der Waals surface area contributed by atoms with E-state index in [-0.39, 0.29) is 5.41 Å². The molecule has 0 spiro atoms. The highest BCUT2D eigenvalue weighted by Crippen LogP contribution is 2.50. The first-order chi connectivity index (χ1) is 20.1. The largest absolute Gasteiger partial charge is 0.249 e. The van der Waals surface area contributed by atoms with Gasteiger partial charge in [0.1, 0.15) is 0 Å². The first-order valence-electron chi connectivity index (χ1n) is 14.4. The van der Waals surface area contributed by atoms with Gasteiger partial charge >= 0.3 is 0 Å². The standard InChI is InChI=1S/C35H34Cl6N2/c1-24-12-22-33(23-13-24,25-4-8-27(9-5-25)42-29-14-18-31(2,19-15-29)34(36,37)38)26-6-10-28(11-7-26)43-30-16-20-32(3,21-17-30)35(39,40)41/h4-11,14-21,24H,12-13,22-23H2,1-3H3. The van der Waals surface area contributed by atoms with Gasteiger partial charge in [-0.25, -0.2) is 9.98 Å². The van der Waals surface area contributed by atoms with Gasteiger partial charge in [-0.15, -0.1) is 0 Å². The molecule has 0 atom stereocenters. The first kappa shape index (κ1) is 32.9. The van der Waals surface area contributed by atoms with Crippen LogP contribution in [0.25, 0.3) is 0 Å². The van der Waals surface area contributed by atoms with Crippen LogP contribution < -0.4 is 0 Å². The first-order valence-corrected chi connectivity index (χ1v) is 16.7. The lowest BCUT2D eigenvalue weighted by Crippen LogP contribution is -2.32. The van der Waals surface area contributed by atoms with Crippen LogP contribution in [0.2, 0.25) is 0 Å². The Morgan fingerprint density at radius 2 is 0.907 bits per heavy atom. The zero-order valence-electron chi connectivity index (χ0n) is 24.3. The summed E-state index contributed by atoms with van der Waals surface area (Å²) < 4.78 is -2.85. The van der Waals surface area contributed by atoms with Gasteiger partial charge in [0.15, 0.2) is 0 Å². The van der Waals surface area contributed by atoms with Gasteiger partial charge in [0.25, 0.3) is 0 Å². The Hall–Kier alpha value is -1.52. The fourth-order valence-corrected chi connectivity index (χ4v) is 6.55. The molecule has 0 aromatic heterocycles. The Morgan fingerprint density at radius 1 is 0.581 bits per heavy atom. The molecule has 43 heavy (non-hydrogen) atoms. The van der Waals surface area contributed by atoms with Crippen LogP contribution in [0.3, 0.4) is 0 Å². The third-order valence-corrected chi connectivity index (χ3v) is 11.6. The van der Waals surface area contributed by atoms with E-state index in [4.69, 9.17) is 79.6 Å². The van der Waals surface area contributed by atoms with Crippen LogP contribution in [0.5, 0.6) is 0 Å². The van der Waals surface area contributed by atoms with Gasteiger partial charge in [0, 0.05) is 5.41 Å². The number of allylic oxidation sites excluding steroid dienone is 8. The zero-order valence-corrected chi connectivity index (χ0v) is 28.8. The van der Waals surface area contributed by atoms with E-state index < -0.39 is 18.4 Å². The molecule has 0 radical (unpaired) electrons. The van der Waals surface area contributed by atoms with E-state index in [1.165, 1.54) is 24.0 Å². The van der Waals surface area contributed by atoms with E-state index in [2.05, 4.69) is 55.5 Å². The molecule has 2 aromatic carbocycles. The fourth-order valence-electron chi connectivity index (χ4n) is 5.79. The third kappa shape index (κ3) is 7.01. The maximum Gasteiger partial charge on any atom is 0.202 e. The Kier molecular flexibility index (Phi) is 9.44. The summed E-state index contributed by atoms with van der Waals surface area (Å²) in [5.41, 5.74) is 4.61. The van der Waals surface area contributed by atoms with Crippen molar-refractivity contribution in [2.75, 3.05) is 0 Å². The van der Waals surface area contributed by atoms with Gasteiger partial charge < -0.3 is 0 Å². The van der Waals surface area contributed by atoms with Crippen molar-refractivity contribution in [3.63, 3.8) is 0 Å². The lowest BCUT2D eigenvalue weighted by atomic mass is 9.63. The zero-order chi connectivity index (χ0) is 31.1. The van der Waals surface area contributed by atoms with E-state index in [0.717, 1.165) is 41.6 Å².